The first kappa shape index (κ1) is 18.9. The fraction of sp³-hybridized carbons (Fsp3) is 0.346. The molecular weight excluding hydrogens is 420 g/mol. The van der Waals surface area contributed by atoms with Crippen LogP contribution in [0.2, 0.25) is 0 Å². The molecule has 7 heteroatoms. The molecule has 2 saturated carbocycles. The van der Waals surface area contributed by atoms with Crippen LogP contribution in [0.3, 0.4) is 0 Å². The summed E-state index contributed by atoms with van der Waals surface area (Å²) < 4.78 is 16.5. The van der Waals surface area contributed by atoms with Gasteiger partial charge in [-0.1, -0.05) is 17.3 Å². The lowest BCUT2D eigenvalue weighted by Crippen LogP contribution is -2.40. The van der Waals surface area contributed by atoms with Crippen molar-refractivity contribution in [3.63, 3.8) is 0 Å². The highest BCUT2D eigenvalue weighted by Gasteiger charge is 2.67. The summed E-state index contributed by atoms with van der Waals surface area (Å²) >= 11 is 0. The van der Waals surface area contributed by atoms with E-state index in [1.807, 2.05) is 12.1 Å². The molecule has 8 rings (SSSR count). The highest BCUT2D eigenvalue weighted by Crippen LogP contribution is 2.65. The summed E-state index contributed by atoms with van der Waals surface area (Å²) in [5.74, 6) is 2.51. The summed E-state index contributed by atoms with van der Waals surface area (Å²) in [6.07, 6.45) is 5.54. The van der Waals surface area contributed by atoms with Gasteiger partial charge in [-0.05, 0) is 66.5 Å². The van der Waals surface area contributed by atoms with Gasteiger partial charge in [0.1, 0.15) is 23.8 Å². The van der Waals surface area contributed by atoms with Crippen molar-refractivity contribution in [2.45, 2.75) is 13.0 Å². The van der Waals surface area contributed by atoms with E-state index in [0.29, 0.717) is 40.3 Å². The second-order valence-electron chi connectivity index (χ2n) is 9.44. The molecule has 0 N–H and O–H groups in total. The second-order valence-corrected chi connectivity index (χ2v) is 9.44. The first-order chi connectivity index (χ1) is 16.1. The molecule has 2 amide bonds. The monoisotopic (exact) mass is 442 g/mol. The maximum absolute atomic E-state index is 13.3. The first-order valence-corrected chi connectivity index (χ1v) is 11.4. The van der Waals surface area contributed by atoms with E-state index in [0.717, 1.165) is 11.8 Å². The van der Waals surface area contributed by atoms with Gasteiger partial charge in [0.05, 0.1) is 24.6 Å². The second kappa shape index (κ2) is 6.70. The number of nitrogens with zero attached hydrogens (tertiary/aromatic N) is 2. The number of fused-ring (bicyclic) bond motifs is 1. The summed E-state index contributed by atoms with van der Waals surface area (Å²) in [5, 5.41) is 4.96. The number of methoxy groups -OCH3 is 1. The zero-order chi connectivity index (χ0) is 22.3. The Bertz CT molecular complexity index is 1290. The first-order valence-electron chi connectivity index (χ1n) is 11.4. The number of hydrogen-bond donors (Lipinski definition) is 0. The van der Waals surface area contributed by atoms with Crippen LogP contribution in [-0.2, 0) is 16.2 Å². The van der Waals surface area contributed by atoms with Crippen LogP contribution in [0.5, 0.6) is 11.5 Å². The number of carbonyl (C=O) groups excluding carboxylic acids is 2. The smallest absolute Gasteiger partial charge is 0.238 e. The van der Waals surface area contributed by atoms with E-state index >= 15 is 0 Å². The summed E-state index contributed by atoms with van der Waals surface area (Å²) in [6.45, 7) is 0.238. The highest BCUT2D eigenvalue weighted by atomic mass is 16.5. The molecule has 3 aromatic rings. The van der Waals surface area contributed by atoms with Crippen LogP contribution in [0.25, 0.3) is 11.0 Å². The third-order valence-electron chi connectivity index (χ3n) is 7.89. The largest absolute Gasteiger partial charge is 0.497 e. The van der Waals surface area contributed by atoms with Gasteiger partial charge < -0.3 is 14.0 Å². The average Bonchev–Trinajstić information content (AvgIpc) is 3.52. The molecule has 0 spiro atoms. The van der Waals surface area contributed by atoms with Gasteiger partial charge >= 0.3 is 0 Å². The van der Waals surface area contributed by atoms with Gasteiger partial charge in [0.2, 0.25) is 11.8 Å². The fourth-order valence-electron chi connectivity index (χ4n) is 6.26. The SMILES string of the molecule is COc1ccc2c(COc3ccc(N4C(=O)[C@@H]5[C@@H]6C=C[C@@H]([C@H]7C[C@@H]67)[C@@H]5C4=O)cc3)noc2c1. The Morgan fingerprint density at radius 2 is 1.64 bits per heavy atom. The van der Waals surface area contributed by atoms with Crippen molar-refractivity contribution < 1.29 is 23.6 Å². The van der Waals surface area contributed by atoms with Crippen LogP contribution in [0.1, 0.15) is 12.1 Å². The lowest BCUT2D eigenvalue weighted by Gasteiger charge is -2.37. The van der Waals surface area contributed by atoms with E-state index < -0.39 is 0 Å². The van der Waals surface area contributed by atoms with Gasteiger partial charge in [-0.15, -0.1) is 0 Å². The van der Waals surface area contributed by atoms with Crippen molar-refractivity contribution in [3.05, 3.63) is 60.3 Å². The average molecular weight is 442 g/mol. The van der Waals surface area contributed by atoms with Crippen molar-refractivity contribution in [2.75, 3.05) is 12.0 Å². The molecule has 1 aromatic heterocycles. The third-order valence-corrected chi connectivity index (χ3v) is 7.89. The Morgan fingerprint density at radius 3 is 2.30 bits per heavy atom. The number of rotatable bonds is 5. The van der Waals surface area contributed by atoms with Crippen molar-refractivity contribution in [2.24, 2.45) is 35.5 Å². The number of carbonyl (C=O) groups is 2. The zero-order valence-electron chi connectivity index (χ0n) is 18.0. The summed E-state index contributed by atoms with van der Waals surface area (Å²) in [5.41, 5.74) is 1.93. The normalized spacial score (nSPS) is 31.1. The maximum Gasteiger partial charge on any atom is 0.238 e. The molecule has 3 fully saturated rings. The molecule has 33 heavy (non-hydrogen) atoms. The van der Waals surface area contributed by atoms with Crippen molar-refractivity contribution >= 4 is 28.5 Å². The lowest BCUT2D eigenvalue weighted by molar-refractivity contribution is -0.124. The molecule has 166 valence electrons. The number of ether oxygens (including phenoxy) is 2. The molecule has 2 heterocycles. The predicted octanol–water partition coefficient (Wildman–Crippen LogP) is 3.97. The van der Waals surface area contributed by atoms with E-state index in [-0.39, 0.29) is 42.1 Å². The number of benzene rings is 2. The van der Waals surface area contributed by atoms with Crippen LogP contribution in [-0.4, -0.2) is 24.1 Å². The Labute approximate surface area is 189 Å². The molecule has 4 aliphatic carbocycles. The molecule has 7 nitrogen and oxygen atoms in total. The minimum absolute atomic E-state index is 0.0483. The highest BCUT2D eigenvalue weighted by molar-refractivity contribution is 6.22. The fourth-order valence-corrected chi connectivity index (χ4v) is 6.26. The van der Waals surface area contributed by atoms with Gasteiger partial charge in [0.25, 0.3) is 0 Å². The zero-order valence-corrected chi connectivity index (χ0v) is 18.0. The minimum atomic E-state index is -0.189. The Kier molecular flexibility index (Phi) is 3.84. The predicted molar refractivity (Wildman–Crippen MR) is 119 cm³/mol. The molecule has 2 bridgehead atoms. The number of anilines is 1. The molecule has 0 unspecified atom stereocenters. The van der Waals surface area contributed by atoms with E-state index in [2.05, 4.69) is 17.3 Å². The number of amides is 2. The van der Waals surface area contributed by atoms with Gasteiger partial charge in [-0.25, -0.2) is 0 Å². The molecule has 5 aliphatic rings. The maximum atomic E-state index is 13.3. The van der Waals surface area contributed by atoms with Crippen molar-refractivity contribution in [1.29, 1.82) is 0 Å². The Hall–Kier alpha value is -3.61. The van der Waals surface area contributed by atoms with E-state index in [4.69, 9.17) is 14.0 Å². The quantitative estimate of drug-likeness (QED) is 0.439. The number of allylic oxidation sites excluding steroid dienone is 2. The van der Waals surface area contributed by atoms with E-state index in [9.17, 15) is 9.59 Å². The van der Waals surface area contributed by atoms with Crippen LogP contribution in [0.4, 0.5) is 5.69 Å². The molecule has 1 saturated heterocycles. The molecule has 1 aliphatic heterocycles. The van der Waals surface area contributed by atoms with Crippen LogP contribution in [0, 0.1) is 35.5 Å². The summed E-state index contributed by atoms with van der Waals surface area (Å²) in [6, 6.07) is 12.7. The third kappa shape index (κ3) is 2.65. The van der Waals surface area contributed by atoms with Gasteiger partial charge in [0, 0.05) is 11.5 Å². The van der Waals surface area contributed by atoms with Crippen LogP contribution in [0.15, 0.2) is 59.1 Å². The number of hydrogen-bond acceptors (Lipinski definition) is 6. The van der Waals surface area contributed by atoms with Gasteiger partial charge in [0.15, 0.2) is 5.58 Å². The Balaban J connectivity index is 1.08. The van der Waals surface area contributed by atoms with Gasteiger partial charge in [-0.3, -0.25) is 14.5 Å². The molecule has 0 radical (unpaired) electrons. The lowest BCUT2D eigenvalue weighted by atomic mass is 9.63. The molecule has 2 aromatic carbocycles. The van der Waals surface area contributed by atoms with Crippen molar-refractivity contribution in [3.8, 4) is 11.5 Å². The van der Waals surface area contributed by atoms with Crippen LogP contribution < -0.4 is 14.4 Å². The van der Waals surface area contributed by atoms with E-state index in [1.54, 1.807) is 37.4 Å². The van der Waals surface area contributed by atoms with Gasteiger partial charge in [-0.2, -0.15) is 0 Å². The Morgan fingerprint density at radius 1 is 0.970 bits per heavy atom. The topological polar surface area (TPSA) is 81.9 Å². The molecule has 6 atom stereocenters. The standard InChI is InChI=1S/C26H22N2O5/c1-31-15-6-7-18-21(27-33-22(18)10-15)12-32-14-4-2-13(3-5-14)28-25(29)23-16-8-9-17(20-11-19(16)20)24(23)26(28)30/h2-10,16-17,19-20,23-24H,11-12H2,1H3/t16-,17+,19+,20-,23-,24+. The molecular formula is C26H22N2O5. The number of aromatic nitrogens is 1. The van der Waals surface area contributed by atoms with E-state index in [1.165, 1.54) is 4.90 Å². The summed E-state index contributed by atoms with van der Waals surface area (Å²) in [7, 11) is 1.60. The summed E-state index contributed by atoms with van der Waals surface area (Å²) in [4.78, 5) is 27.9. The van der Waals surface area contributed by atoms with Crippen molar-refractivity contribution in [1.82, 2.24) is 5.16 Å². The minimum Gasteiger partial charge on any atom is -0.497 e. The van der Waals surface area contributed by atoms with Crippen LogP contribution >= 0.6 is 0 Å². The number of imide groups is 1.